The van der Waals surface area contributed by atoms with E-state index >= 15 is 0 Å². The SMILES string of the molecule is CCCCC1CC(CC)CCC1=O. The van der Waals surface area contributed by atoms with Gasteiger partial charge in [0.05, 0.1) is 0 Å². The van der Waals surface area contributed by atoms with Crippen molar-refractivity contribution in [2.75, 3.05) is 0 Å². The van der Waals surface area contributed by atoms with Gasteiger partial charge in [0.1, 0.15) is 5.78 Å². The third-order valence-electron chi connectivity index (χ3n) is 3.36. The maximum absolute atomic E-state index is 11.6. The summed E-state index contributed by atoms with van der Waals surface area (Å²) in [5, 5.41) is 0. The Bertz CT molecular complexity index is 163. The van der Waals surface area contributed by atoms with E-state index in [1.54, 1.807) is 0 Å². The van der Waals surface area contributed by atoms with E-state index in [-0.39, 0.29) is 0 Å². The van der Waals surface area contributed by atoms with E-state index in [4.69, 9.17) is 0 Å². The molecule has 1 rings (SSSR count). The zero-order valence-electron chi connectivity index (χ0n) is 9.01. The molecule has 76 valence electrons. The molecular formula is C12H22O. The van der Waals surface area contributed by atoms with Crippen LogP contribution >= 0.6 is 0 Å². The number of Topliss-reactive ketones (excluding diaryl/α,β-unsaturated/α-hetero) is 1. The van der Waals surface area contributed by atoms with Gasteiger partial charge in [-0.05, 0) is 25.2 Å². The molecule has 2 atom stereocenters. The van der Waals surface area contributed by atoms with Gasteiger partial charge in [0.2, 0.25) is 0 Å². The molecule has 1 aliphatic rings. The highest BCUT2D eigenvalue weighted by Crippen LogP contribution is 2.31. The van der Waals surface area contributed by atoms with Gasteiger partial charge in [-0.1, -0.05) is 33.1 Å². The molecule has 1 saturated carbocycles. The first-order valence-electron chi connectivity index (χ1n) is 5.80. The lowest BCUT2D eigenvalue weighted by Gasteiger charge is -2.27. The van der Waals surface area contributed by atoms with Crippen LogP contribution in [0.5, 0.6) is 0 Å². The van der Waals surface area contributed by atoms with E-state index in [2.05, 4.69) is 13.8 Å². The molecule has 0 saturated heterocycles. The molecule has 1 aliphatic carbocycles. The van der Waals surface area contributed by atoms with Crippen molar-refractivity contribution in [3.8, 4) is 0 Å². The summed E-state index contributed by atoms with van der Waals surface area (Å²) in [7, 11) is 0. The lowest BCUT2D eigenvalue weighted by molar-refractivity contribution is -0.125. The van der Waals surface area contributed by atoms with Gasteiger partial charge < -0.3 is 0 Å². The van der Waals surface area contributed by atoms with Gasteiger partial charge in [-0.2, -0.15) is 0 Å². The van der Waals surface area contributed by atoms with Gasteiger partial charge in [0, 0.05) is 12.3 Å². The Morgan fingerprint density at radius 1 is 1.38 bits per heavy atom. The summed E-state index contributed by atoms with van der Waals surface area (Å²) >= 11 is 0. The van der Waals surface area contributed by atoms with Crippen LogP contribution < -0.4 is 0 Å². The van der Waals surface area contributed by atoms with Crippen molar-refractivity contribution in [2.45, 2.75) is 58.8 Å². The van der Waals surface area contributed by atoms with E-state index in [0.29, 0.717) is 11.7 Å². The van der Waals surface area contributed by atoms with Gasteiger partial charge >= 0.3 is 0 Å². The van der Waals surface area contributed by atoms with Gasteiger partial charge in [0.15, 0.2) is 0 Å². The first kappa shape index (κ1) is 10.7. The average molecular weight is 182 g/mol. The highest BCUT2D eigenvalue weighted by molar-refractivity contribution is 5.81. The number of carbonyl (C=O) groups excluding carboxylic acids is 1. The van der Waals surface area contributed by atoms with Crippen molar-refractivity contribution in [1.82, 2.24) is 0 Å². The highest BCUT2D eigenvalue weighted by Gasteiger charge is 2.26. The third kappa shape index (κ3) is 3.13. The van der Waals surface area contributed by atoms with Crippen molar-refractivity contribution in [2.24, 2.45) is 11.8 Å². The second kappa shape index (κ2) is 5.41. The molecule has 1 nitrogen and oxygen atoms in total. The molecule has 0 spiro atoms. The van der Waals surface area contributed by atoms with Crippen LogP contribution in [-0.2, 0) is 4.79 Å². The van der Waals surface area contributed by atoms with E-state index in [1.807, 2.05) is 0 Å². The Labute approximate surface area is 81.9 Å². The van der Waals surface area contributed by atoms with Crippen molar-refractivity contribution >= 4 is 5.78 Å². The van der Waals surface area contributed by atoms with E-state index < -0.39 is 0 Å². The monoisotopic (exact) mass is 182 g/mol. The highest BCUT2D eigenvalue weighted by atomic mass is 16.1. The van der Waals surface area contributed by atoms with Crippen molar-refractivity contribution in [3.63, 3.8) is 0 Å². The summed E-state index contributed by atoms with van der Waals surface area (Å²) in [5.74, 6) is 1.79. The molecule has 0 aliphatic heterocycles. The summed E-state index contributed by atoms with van der Waals surface area (Å²) < 4.78 is 0. The van der Waals surface area contributed by atoms with Crippen molar-refractivity contribution < 1.29 is 4.79 Å². The maximum Gasteiger partial charge on any atom is 0.135 e. The zero-order chi connectivity index (χ0) is 9.68. The van der Waals surface area contributed by atoms with Crippen LogP contribution in [0.2, 0.25) is 0 Å². The van der Waals surface area contributed by atoms with Gasteiger partial charge in [0.25, 0.3) is 0 Å². The van der Waals surface area contributed by atoms with Gasteiger partial charge in [-0.15, -0.1) is 0 Å². The zero-order valence-corrected chi connectivity index (χ0v) is 9.01. The van der Waals surface area contributed by atoms with Crippen LogP contribution in [0.4, 0.5) is 0 Å². The second-order valence-electron chi connectivity index (χ2n) is 4.35. The Balaban J connectivity index is 2.36. The molecule has 1 fully saturated rings. The molecule has 0 N–H and O–H groups in total. The second-order valence-corrected chi connectivity index (χ2v) is 4.35. The first-order chi connectivity index (χ1) is 6.27. The number of carbonyl (C=O) groups is 1. The van der Waals surface area contributed by atoms with Crippen LogP contribution in [0.15, 0.2) is 0 Å². The smallest absolute Gasteiger partial charge is 0.135 e. The normalized spacial score (nSPS) is 29.2. The summed E-state index contributed by atoms with van der Waals surface area (Å²) in [5.41, 5.74) is 0. The maximum atomic E-state index is 11.6. The minimum Gasteiger partial charge on any atom is -0.299 e. The Kier molecular flexibility index (Phi) is 4.47. The topological polar surface area (TPSA) is 17.1 Å². The molecule has 0 amide bonds. The fourth-order valence-corrected chi connectivity index (χ4v) is 2.30. The molecule has 2 unspecified atom stereocenters. The molecule has 0 radical (unpaired) electrons. The Morgan fingerprint density at radius 3 is 2.77 bits per heavy atom. The number of hydrogen-bond acceptors (Lipinski definition) is 1. The summed E-state index contributed by atoms with van der Waals surface area (Å²) in [6.07, 6.45) is 8.04. The summed E-state index contributed by atoms with van der Waals surface area (Å²) in [6, 6.07) is 0. The quantitative estimate of drug-likeness (QED) is 0.649. The number of unbranched alkanes of at least 4 members (excludes halogenated alkanes) is 1. The predicted octanol–water partition coefficient (Wildman–Crippen LogP) is 3.57. The first-order valence-corrected chi connectivity index (χ1v) is 5.80. The summed E-state index contributed by atoms with van der Waals surface area (Å²) in [4.78, 5) is 11.6. The van der Waals surface area contributed by atoms with Crippen molar-refractivity contribution in [1.29, 1.82) is 0 Å². The van der Waals surface area contributed by atoms with E-state index in [1.165, 1.54) is 25.7 Å². The van der Waals surface area contributed by atoms with Crippen LogP contribution in [0, 0.1) is 11.8 Å². The minimum atomic E-state index is 0.415. The lowest BCUT2D eigenvalue weighted by Crippen LogP contribution is -2.24. The lowest BCUT2D eigenvalue weighted by atomic mass is 9.77. The number of hydrogen-bond donors (Lipinski definition) is 0. The fourth-order valence-electron chi connectivity index (χ4n) is 2.30. The predicted molar refractivity (Wildman–Crippen MR) is 55.7 cm³/mol. The molecule has 0 bridgehead atoms. The number of rotatable bonds is 4. The molecule has 0 aromatic carbocycles. The van der Waals surface area contributed by atoms with Crippen LogP contribution in [-0.4, -0.2) is 5.78 Å². The molecule has 0 aromatic heterocycles. The van der Waals surface area contributed by atoms with Crippen LogP contribution in [0.3, 0.4) is 0 Å². The van der Waals surface area contributed by atoms with Crippen molar-refractivity contribution in [3.05, 3.63) is 0 Å². The molecular weight excluding hydrogens is 160 g/mol. The molecule has 0 aromatic rings. The van der Waals surface area contributed by atoms with Gasteiger partial charge in [-0.3, -0.25) is 4.79 Å². The third-order valence-corrected chi connectivity index (χ3v) is 3.36. The Morgan fingerprint density at radius 2 is 2.15 bits per heavy atom. The largest absolute Gasteiger partial charge is 0.299 e. The van der Waals surface area contributed by atoms with Gasteiger partial charge in [-0.25, -0.2) is 0 Å². The average Bonchev–Trinajstić information content (AvgIpc) is 2.17. The Hall–Kier alpha value is -0.330. The van der Waals surface area contributed by atoms with Crippen LogP contribution in [0.25, 0.3) is 0 Å². The van der Waals surface area contributed by atoms with E-state index in [0.717, 1.165) is 25.2 Å². The molecule has 13 heavy (non-hydrogen) atoms. The summed E-state index contributed by atoms with van der Waals surface area (Å²) in [6.45, 7) is 4.45. The fraction of sp³-hybridized carbons (Fsp3) is 0.917. The van der Waals surface area contributed by atoms with Crippen LogP contribution in [0.1, 0.15) is 58.8 Å². The molecule has 0 heterocycles. The molecule has 1 heteroatoms. The number of ketones is 1. The minimum absolute atomic E-state index is 0.415. The van der Waals surface area contributed by atoms with E-state index in [9.17, 15) is 4.79 Å². The standard InChI is InChI=1S/C12H22O/c1-3-5-6-11-9-10(4-2)7-8-12(11)13/h10-11H,3-9H2,1-2H3.